The zero-order valence-electron chi connectivity index (χ0n) is 19.8. The van der Waals surface area contributed by atoms with Crippen LogP contribution in [-0.2, 0) is 0 Å². The van der Waals surface area contributed by atoms with Gasteiger partial charge in [0, 0.05) is 28.5 Å². The first-order valence-corrected chi connectivity index (χ1v) is 11.3. The van der Waals surface area contributed by atoms with Gasteiger partial charge in [-0.2, -0.15) is 20.1 Å². The number of nitro groups is 1. The van der Waals surface area contributed by atoms with E-state index in [0.717, 1.165) is 16.8 Å². The largest absolute Gasteiger partial charge is 0.324 e. The lowest BCUT2D eigenvalue weighted by Crippen LogP contribution is -2.08. The first-order valence-electron chi connectivity index (χ1n) is 10.9. The van der Waals surface area contributed by atoms with Crippen molar-refractivity contribution >= 4 is 52.2 Å². The Morgan fingerprint density at radius 3 is 2.03 bits per heavy atom. The number of nitro benzene ring substituents is 1. The third-order valence-corrected chi connectivity index (χ3v) is 5.57. The number of hydrogen-bond donors (Lipinski definition) is 3. The van der Waals surface area contributed by atoms with Crippen LogP contribution in [0.1, 0.15) is 23.6 Å². The van der Waals surface area contributed by atoms with Crippen molar-refractivity contribution in [2.45, 2.75) is 20.8 Å². The number of non-ortho nitro benzene ring substituents is 1. The summed E-state index contributed by atoms with van der Waals surface area (Å²) < 4.78 is 0. The SMILES string of the molecule is CC(=NNc1nc(Nc2ccc([N+](=O)[O-])cc2)nc(Nc2ccc(C)c(C)c2)n1)c1ccc(Cl)cc1. The van der Waals surface area contributed by atoms with Crippen LogP contribution in [-0.4, -0.2) is 25.6 Å². The Morgan fingerprint density at radius 1 is 0.833 bits per heavy atom. The van der Waals surface area contributed by atoms with Gasteiger partial charge in [-0.05, 0) is 73.9 Å². The third-order valence-electron chi connectivity index (χ3n) is 5.32. The highest BCUT2D eigenvalue weighted by atomic mass is 35.5. The molecule has 182 valence electrons. The van der Waals surface area contributed by atoms with Crippen molar-refractivity contribution in [2.75, 3.05) is 16.1 Å². The number of halogens is 1. The highest BCUT2D eigenvalue weighted by Gasteiger charge is 2.10. The summed E-state index contributed by atoms with van der Waals surface area (Å²) in [6.07, 6.45) is 0. The second-order valence-corrected chi connectivity index (χ2v) is 8.41. The molecule has 11 heteroatoms. The van der Waals surface area contributed by atoms with Gasteiger partial charge < -0.3 is 10.6 Å². The van der Waals surface area contributed by atoms with E-state index in [-0.39, 0.29) is 17.6 Å². The van der Waals surface area contributed by atoms with Gasteiger partial charge in [0.2, 0.25) is 17.8 Å². The molecule has 0 aliphatic rings. The van der Waals surface area contributed by atoms with Gasteiger partial charge >= 0.3 is 0 Å². The molecule has 0 aliphatic carbocycles. The molecular weight excluding hydrogens is 480 g/mol. The molecule has 3 aromatic carbocycles. The van der Waals surface area contributed by atoms with Crippen LogP contribution in [0.4, 0.5) is 34.9 Å². The zero-order valence-corrected chi connectivity index (χ0v) is 20.5. The van der Waals surface area contributed by atoms with Crippen LogP contribution in [0.25, 0.3) is 0 Å². The van der Waals surface area contributed by atoms with Crippen LogP contribution in [0.15, 0.2) is 71.8 Å². The van der Waals surface area contributed by atoms with Gasteiger partial charge in [0.1, 0.15) is 0 Å². The third kappa shape index (κ3) is 6.30. The summed E-state index contributed by atoms with van der Waals surface area (Å²) in [5.41, 5.74) is 8.16. The maximum absolute atomic E-state index is 10.9. The van der Waals surface area contributed by atoms with E-state index in [2.05, 4.69) is 36.1 Å². The van der Waals surface area contributed by atoms with E-state index in [9.17, 15) is 10.1 Å². The summed E-state index contributed by atoms with van der Waals surface area (Å²) in [7, 11) is 0. The van der Waals surface area contributed by atoms with Gasteiger partial charge in [0.25, 0.3) is 5.69 Å². The minimum Gasteiger partial charge on any atom is -0.324 e. The predicted octanol–water partition coefficient (Wildman–Crippen LogP) is 6.37. The van der Waals surface area contributed by atoms with E-state index in [1.807, 2.05) is 51.1 Å². The van der Waals surface area contributed by atoms with E-state index in [4.69, 9.17) is 11.6 Å². The molecule has 0 bridgehead atoms. The predicted molar refractivity (Wildman–Crippen MR) is 143 cm³/mol. The summed E-state index contributed by atoms with van der Waals surface area (Å²) >= 11 is 5.97. The monoisotopic (exact) mass is 502 g/mol. The second-order valence-electron chi connectivity index (χ2n) is 7.98. The van der Waals surface area contributed by atoms with Gasteiger partial charge in [-0.1, -0.05) is 29.8 Å². The fourth-order valence-electron chi connectivity index (χ4n) is 3.17. The van der Waals surface area contributed by atoms with Crippen LogP contribution >= 0.6 is 11.6 Å². The number of aryl methyl sites for hydroxylation is 2. The second kappa shape index (κ2) is 10.8. The van der Waals surface area contributed by atoms with Gasteiger partial charge in [0.05, 0.1) is 10.6 Å². The molecule has 3 N–H and O–H groups in total. The van der Waals surface area contributed by atoms with Crippen LogP contribution in [0.3, 0.4) is 0 Å². The highest BCUT2D eigenvalue weighted by Crippen LogP contribution is 2.22. The van der Waals surface area contributed by atoms with E-state index in [1.165, 1.54) is 17.7 Å². The van der Waals surface area contributed by atoms with Crippen LogP contribution < -0.4 is 16.1 Å². The number of hydrazone groups is 1. The van der Waals surface area contributed by atoms with Gasteiger partial charge in [-0.3, -0.25) is 10.1 Å². The Labute approximate surface area is 212 Å². The number of aromatic nitrogens is 3. The first-order chi connectivity index (χ1) is 17.3. The number of anilines is 5. The van der Waals surface area contributed by atoms with E-state index < -0.39 is 4.92 Å². The topological polar surface area (TPSA) is 130 Å². The average molecular weight is 503 g/mol. The van der Waals surface area contributed by atoms with Gasteiger partial charge in [0.15, 0.2) is 0 Å². The Bertz CT molecular complexity index is 1420. The van der Waals surface area contributed by atoms with Crippen molar-refractivity contribution in [3.8, 4) is 0 Å². The molecule has 0 spiro atoms. The Hall–Kier alpha value is -4.57. The Morgan fingerprint density at radius 2 is 1.42 bits per heavy atom. The van der Waals surface area contributed by atoms with E-state index in [0.29, 0.717) is 22.4 Å². The number of rotatable bonds is 8. The molecule has 0 saturated carbocycles. The Kier molecular flexibility index (Phi) is 7.36. The highest BCUT2D eigenvalue weighted by molar-refractivity contribution is 6.30. The molecule has 1 aromatic heterocycles. The van der Waals surface area contributed by atoms with Crippen LogP contribution in [0, 0.1) is 24.0 Å². The van der Waals surface area contributed by atoms with Crippen molar-refractivity contribution in [3.05, 3.63) is 98.6 Å². The van der Waals surface area contributed by atoms with Gasteiger partial charge in [-0.25, -0.2) is 5.43 Å². The molecule has 0 amide bonds. The molecule has 4 aromatic rings. The summed E-state index contributed by atoms with van der Waals surface area (Å²) in [6.45, 7) is 5.91. The summed E-state index contributed by atoms with van der Waals surface area (Å²) in [5, 5.41) is 22.2. The number of nitrogens with zero attached hydrogens (tertiary/aromatic N) is 5. The van der Waals surface area contributed by atoms with Crippen molar-refractivity contribution in [1.82, 2.24) is 15.0 Å². The lowest BCUT2D eigenvalue weighted by atomic mass is 10.1. The number of hydrogen-bond acceptors (Lipinski definition) is 9. The van der Waals surface area contributed by atoms with Crippen molar-refractivity contribution in [1.29, 1.82) is 0 Å². The van der Waals surface area contributed by atoms with Crippen molar-refractivity contribution in [3.63, 3.8) is 0 Å². The van der Waals surface area contributed by atoms with Gasteiger partial charge in [-0.15, -0.1) is 0 Å². The lowest BCUT2D eigenvalue weighted by Gasteiger charge is -2.11. The molecule has 0 atom stereocenters. The first kappa shape index (κ1) is 24.6. The van der Waals surface area contributed by atoms with Crippen molar-refractivity contribution in [2.24, 2.45) is 5.10 Å². The van der Waals surface area contributed by atoms with E-state index >= 15 is 0 Å². The molecule has 0 saturated heterocycles. The molecule has 1 heterocycles. The minimum atomic E-state index is -0.457. The zero-order chi connectivity index (χ0) is 25.7. The molecule has 36 heavy (non-hydrogen) atoms. The lowest BCUT2D eigenvalue weighted by molar-refractivity contribution is -0.384. The van der Waals surface area contributed by atoms with Crippen molar-refractivity contribution < 1.29 is 4.92 Å². The van der Waals surface area contributed by atoms with Crippen LogP contribution in [0.2, 0.25) is 5.02 Å². The van der Waals surface area contributed by atoms with E-state index in [1.54, 1.807) is 24.3 Å². The molecule has 4 rings (SSSR count). The summed E-state index contributed by atoms with van der Waals surface area (Å²) in [5.74, 6) is 0.723. The van der Waals surface area contributed by atoms with Crippen LogP contribution in [0.5, 0.6) is 0 Å². The molecule has 0 aliphatic heterocycles. The number of nitrogens with one attached hydrogen (secondary N) is 3. The minimum absolute atomic E-state index is 0.0114. The molecule has 10 nitrogen and oxygen atoms in total. The standard InChI is InChI=1S/C25H23ClN8O2/c1-15-4-9-21(14-16(15)2)28-24-29-23(27-20-10-12-22(13-11-20)34(35)36)30-25(31-24)33-32-17(3)18-5-7-19(26)8-6-18/h4-14H,1-3H3,(H3,27,28,29,30,31,33). The normalized spacial score (nSPS) is 11.2. The smallest absolute Gasteiger partial charge is 0.269 e. The fraction of sp³-hybridized carbons (Fsp3) is 0.120. The molecule has 0 fully saturated rings. The molecule has 0 unspecified atom stereocenters. The summed E-state index contributed by atoms with van der Waals surface area (Å²) in [4.78, 5) is 23.8. The Balaban J connectivity index is 1.62. The fourth-order valence-corrected chi connectivity index (χ4v) is 3.30. The molecule has 0 radical (unpaired) electrons. The summed E-state index contributed by atoms with van der Waals surface area (Å²) in [6, 6.07) is 19.2. The maximum atomic E-state index is 10.9. The number of benzene rings is 3. The maximum Gasteiger partial charge on any atom is 0.269 e. The average Bonchev–Trinajstić information content (AvgIpc) is 2.85. The quantitative estimate of drug-likeness (QED) is 0.144. The molecular formula is C25H23ClN8O2.